The summed E-state index contributed by atoms with van der Waals surface area (Å²) in [4.78, 5) is 21.6. The fourth-order valence-electron chi connectivity index (χ4n) is 4.63. The number of aromatic nitrogens is 1. The molecule has 0 aliphatic carbocycles. The third kappa shape index (κ3) is 7.71. The molecule has 0 aliphatic rings. The third-order valence-corrected chi connectivity index (χ3v) is 6.25. The minimum atomic E-state index is 0.00170. The lowest BCUT2D eigenvalue weighted by Gasteiger charge is -2.21. The molecule has 1 heterocycles. The van der Waals surface area contributed by atoms with Gasteiger partial charge in [0.1, 0.15) is 24.7 Å². The third-order valence-electron chi connectivity index (χ3n) is 6.25. The summed E-state index contributed by atoms with van der Waals surface area (Å²) in [6.45, 7) is 16.2. The Labute approximate surface area is 210 Å². The number of rotatable bonds is 16. The maximum Gasteiger partial charge on any atom is 0.197 e. The molecule has 0 atom stereocenters. The lowest BCUT2D eigenvalue weighted by atomic mass is 10.1. The average molecular weight is 482 g/mol. The highest BCUT2D eigenvalue weighted by molar-refractivity contribution is 5.93. The standard InChI is InChI=1S/C29H43N3O3/c1-5-13-31(14-6-2)17-19-34-23-9-11-27-25(21-23)29(33)26-22-24(10-12-28(26)30-27)35-20-18-32(15-7-3)16-8-4/h9-12,21-22H,5-8,13-20H2,1-4H3,(H,30,33). The molecule has 0 saturated carbocycles. The van der Waals surface area contributed by atoms with Gasteiger partial charge in [0.2, 0.25) is 0 Å². The van der Waals surface area contributed by atoms with Crippen molar-refractivity contribution in [3.63, 3.8) is 0 Å². The summed E-state index contributed by atoms with van der Waals surface area (Å²) in [6.07, 6.45) is 4.56. The lowest BCUT2D eigenvalue weighted by molar-refractivity contribution is 0.209. The lowest BCUT2D eigenvalue weighted by Crippen LogP contribution is -2.30. The molecule has 35 heavy (non-hydrogen) atoms. The maximum absolute atomic E-state index is 13.3. The summed E-state index contributed by atoms with van der Waals surface area (Å²) < 4.78 is 12.0. The van der Waals surface area contributed by atoms with E-state index >= 15 is 0 Å². The topological polar surface area (TPSA) is 57.8 Å². The van der Waals surface area contributed by atoms with Crippen LogP contribution in [0.25, 0.3) is 21.8 Å². The number of aromatic amines is 1. The van der Waals surface area contributed by atoms with Crippen LogP contribution in [0.1, 0.15) is 53.4 Å². The highest BCUT2D eigenvalue weighted by Crippen LogP contribution is 2.23. The Hall–Kier alpha value is -2.57. The first kappa shape index (κ1) is 27.0. The molecule has 0 aliphatic heterocycles. The van der Waals surface area contributed by atoms with E-state index in [1.807, 2.05) is 36.4 Å². The van der Waals surface area contributed by atoms with Crippen LogP contribution < -0.4 is 14.9 Å². The van der Waals surface area contributed by atoms with Crippen molar-refractivity contribution in [2.45, 2.75) is 53.4 Å². The quantitative estimate of drug-likeness (QED) is 0.267. The Kier molecular flexibility index (Phi) is 10.9. The van der Waals surface area contributed by atoms with Crippen molar-refractivity contribution in [3.8, 4) is 11.5 Å². The van der Waals surface area contributed by atoms with E-state index < -0.39 is 0 Å². The van der Waals surface area contributed by atoms with Gasteiger partial charge >= 0.3 is 0 Å². The average Bonchev–Trinajstić information content (AvgIpc) is 2.85. The zero-order valence-corrected chi connectivity index (χ0v) is 22.1. The fraction of sp³-hybridized carbons (Fsp3) is 0.552. The molecule has 0 unspecified atom stereocenters. The molecule has 192 valence electrons. The number of nitrogens with zero attached hydrogens (tertiary/aromatic N) is 2. The number of ether oxygens (including phenoxy) is 2. The van der Waals surface area contributed by atoms with E-state index in [9.17, 15) is 4.79 Å². The van der Waals surface area contributed by atoms with Crippen LogP contribution in [0, 0.1) is 0 Å². The molecule has 2 aromatic carbocycles. The number of pyridine rings is 1. The van der Waals surface area contributed by atoms with Crippen LogP contribution in [0.2, 0.25) is 0 Å². The Morgan fingerprint density at radius 2 is 1.03 bits per heavy atom. The van der Waals surface area contributed by atoms with E-state index in [0.717, 1.165) is 87.5 Å². The van der Waals surface area contributed by atoms with Crippen LogP contribution >= 0.6 is 0 Å². The van der Waals surface area contributed by atoms with Crippen molar-refractivity contribution in [1.82, 2.24) is 14.8 Å². The normalized spacial score (nSPS) is 11.7. The molecule has 0 saturated heterocycles. The molecule has 6 nitrogen and oxygen atoms in total. The van der Waals surface area contributed by atoms with Crippen LogP contribution in [0.4, 0.5) is 0 Å². The first-order valence-electron chi connectivity index (χ1n) is 13.4. The number of hydrogen-bond donors (Lipinski definition) is 1. The van der Waals surface area contributed by atoms with Gasteiger partial charge in [-0.1, -0.05) is 27.7 Å². The van der Waals surface area contributed by atoms with Gasteiger partial charge in [-0.15, -0.1) is 0 Å². The smallest absolute Gasteiger partial charge is 0.197 e. The van der Waals surface area contributed by atoms with E-state index in [1.54, 1.807) is 0 Å². The zero-order chi connectivity index (χ0) is 25.0. The van der Waals surface area contributed by atoms with Gasteiger partial charge in [0.05, 0.1) is 11.0 Å². The molecule has 0 spiro atoms. The Morgan fingerprint density at radius 3 is 1.40 bits per heavy atom. The summed E-state index contributed by atoms with van der Waals surface area (Å²) in [7, 11) is 0. The van der Waals surface area contributed by atoms with Gasteiger partial charge < -0.3 is 14.5 Å². The molecule has 1 aromatic heterocycles. The van der Waals surface area contributed by atoms with Gasteiger partial charge in [0.15, 0.2) is 5.43 Å². The SMILES string of the molecule is CCCN(CCC)CCOc1ccc2[nH]c3ccc(OCCN(CCC)CCC)cc3c(=O)c2c1. The molecule has 0 amide bonds. The molecular formula is C29H43N3O3. The first-order chi connectivity index (χ1) is 17.1. The molecular weight excluding hydrogens is 438 g/mol. The summed E-state index contributed by atoms with van der Waals surface area (Å²) in [6, 6.07) is 11.5. The van der Waals surface area contributed by atoms with Crippen LogP contribution in [0.3, 0.4) is 0 Å². The maximum atomic E-state index is 13.3. The van der Waals surface area contributed by atoms with Crippen LogP contribution in [-0.2, 0) is 0 Å². The number of fused-ring (bicyclic) bond motifs is 2. The van der Waals surface area contributed by atoms with Gasteiger partial charge in [-0.3, -0.25) is 14.6 Å². The zero-order valence-electron chi connectivity index (χ0n) is 22.1. The number of hydrogen-bond acceptors (Lipinski definition) is 5. The van der Waals surface area contributed by atoms with Crippen LogP contribution in [0.15, 0.2) is 41.2 Å². The van der Waals surface area contributed by atoms with E-state index in [1.165, 1.54) is 0 Å². The second kappa shape index (κ2) is 14.1. The Bertz CT molecular complexity index is 1020. The predicted octanol–water partition coefficient (Wildman–Crippen LogP) is 5.68. The predicted molar refractivity (Wildman–Crippen MR) is 147 cm³/mol. The van der Waals surface area contributed by atoms with Crippen molar-refractivity contribution in [2.75, 3.05) is 52.5 Å². The number of benzene rings is 2. The molecule has 3 rings (SSSR count). The second-order valence-corrected chi connectivity index (χ2v) is 9.25. The van der Waals surface area contributed by atoms with Crippen molar-refractivity contribution >= 4 is 21.8 Å². The molecule has 0 radical (unpaired) electrons. The van der Waals surface area contributed by atoms with Gasteiger partial charge in [0.25, 0.3) is 0 Å². The van der Waals surface area contributed by atoms with Gasteiger partial charge in [0, 0.05) is 23.9 Å². The van der Waals surface area contributed by atoms with E-state index in [0.29, 0.717) is 24.0 Å². The van der Waals surface area contributed by atoms with E-state index in [4.69, 9.17) is 9.47 Å². The van der Waals surface area contributed by atoms with Crippen molar-refractivity contribution < 1.29 is 9.47 Å². The van der Waals surface area contributed by atoms with Crippen molar-refractivity contribution in [2.24, 2.45) is 0 Å². The number of nitrogens with one attached hydrogen (secondary N) is 1. The van der Waals surface area contributed by atoms with E-state index in [2.05, 4.69) is 42.5 Å². The Balaban J connectivity index is 1.71. The summed E-state index contributed by atoms with van der Waals surface area (Å²) in [5, 5.41) is 1.28. The summed E-state index contributed by atoms with van der Waals surface area (Å²) >= 11 is 0. The minimum absolute atomic E-state index is 0.00170. The largest absolute Gasteiger partial charge is 0.492 e. The summed E-state index contributed by atoms with van der Waals surface area (Å²) in [5.74, 6) is 1.46. The van der Waals surface area contributed by atoms with E-state index in [-0.39, 0.29) is 5.43 Å². The molecule has 0 bridgehead atoms. The molecule has 3 aromatic rings. The molecule has 1 N–H and O–H groups in total. The fourth-order valence-corrected chi connectivity index (χ4v) is 4.63. The molecule has 0 fully saturated rings. The molecule has 6 heteroatoms. The van der Waals surface area contributed by atoms with Crippen LogP contribution in [-0.4, -0.2) is 67.3 Å². The monoisotopic (exact) mass is 481 g/mol. The highest BCUT2D eigenvalue weighted by Gasteiger charge is 2.10. The first-order valence-corrected chi connectivity index (χ1v) is 13.4. The minimum Gasteiger partial charge on any atom is -0.492 e. The summed E-state index contributed by atoms with van der Waals surface area (Å²) in [5.41, 5.74) is 1.63. The van der Waals surface area contributed by atoms with Crippen molar-refractivity contribution in [3.05, 3.63) is 46.6 Å². The Morgan fingerprint density at radius 1 is 0.629 bits per heavy atom. The highest BCUT2D eigenvalue weighted by atomic mass is 16.5. The second-order valence-electron chi connectivity index (χ2n) is 9.25. The van der Waals surface area contributed by atoms with Gasteiger partial charge in [-0.2, -0.15) is 0 Å². The van der Waals surface area contributed by atoms with Crippen molar-refractivity contribution in [1.29, 1.82) is 0 Å². The number of H-pyrrole nitrogens is 1. The van der Waals surface area contributed by atoms with Gasteiger partial charge in [-0.25, -0.2) is 0 Å². The van der Waals surface area contributed by atoms with Crippen LogP contribution in [0.5, 0.6) is 11.5 Å². The van der Waals surface area contributed by atoms with Gasteiger partial charge in [-0.05, 0) is 88.3 Å².